The molecule has 1 aromatic carbocycles. The van der Waals surface area contributed by atoms with Gasteiger partial charge >= 0.3 is 6.03 Å². The number of nitrogens with one attached hydrogen (secondary N) is 1. The number of rotatable bonds is 7. The molecule has 1 aliphatic rings. The maximum atomic E-state index is 13.8. The molecule has 0 aliphatic carbocycles. The minimum absolute atomic E-state index is 0.0465. The summed E-state index contributed by atoms with van der Waals surface area (Å²) in [5, 5.41) is 3.93. The van der Waals surface area contributed by atoms with E-state index >= 15 is 0 Å². The number of aryl methyl sites for hydroxylation is 1. The van der Waals surface area contributed by atoms with Crippen molar-refractivity contribution in [1.82, 2.24) is 29.7 Å². The van der Waals surface area contributed by atoms with Crippen molar-refractivity contribution in [2.24, 2.45) is 11.8 Å². The smallest absolute Gasteiger partial charge is 0.328 e. The van der Waals surface area contributed by atoms with Gasteiger partial charge in [-0.2, -0.15) is 0 Å². The summed E-state index contributed by atoms with van der Waals surface area (Å²) >= 11 is 0. The number of para-hydroxylation sites is 1. The van der Waals surface area contributed by atoms with Crippen molar-refractivity contribution in [3.63, 3.8) is 0 Å². The van der Waals surface area contributed by atoms with Crippen LogP contribution >= 0.6 is 0 Å². The number of benzene rings is 1. The van der Waals surface area contributed by atoms with E-state index in [1.807, 2.05) is 76.0 Å². The van der Waals surface area contributed by atoms with Gasteiger partial charge in [0.15, 0.2) is 0 Å². The zero-order valence-corrected chi connectivity index (χ0v) is 24.1. The van der Waals surface area contributed by atoms with Crippen molar-refractivity contribution in [2.75, 3.05) is 20.6 Å². The molecular formula is C30H40N6O3. The first-order chi connectivity index (χ1) is 18.5. The van der Waals surface area contributed by atoms with E-state index in [1.165, 1.54) is 0 Å². The summed E-state index contributed by atoms with van der Waals surface area (Å²) in [7, 11) is 3.45. The Balaban J connectivity index is 1.71. The predicted octanol–water partition coefficient (Wildman–Crippen LogP) is 4.79. The van der Waals surface area contributed by atoms with Crippen LogP contribution in [-0.2, 0) is 9.59 Å². The number of carbonyl (C=O) groups is 3. The highest BCUT2D eigenvalue weighted by molar-refractivity contribution is 6.00. The van der Waals surface area contributed by atoms with Gasteiger partial charge in [0.25, 0.3) is 0 Å². The minimum Gasteiger partial charge on any atom is -0.344 e. The third kappa shape index (κ3) is 5.67. The zero-order chi connectivity index (χ0) is 28.4. The molecule has 1 saturated heterocycles. The van der Waals surface area contributed by atoms with Gasteiger partial charge in [-0.15, -0.1) is 0 Å². The van der Waals surface area contributed by atoms with Crippen molar-refractivity contribution in [2.45, 2.75) is 66.0 Å². The lowest BCUT2D eigenvalue weighted by Gasteiger charge is -2.31. The summed E-state index contributed by atoms with van der Waals surface area (Å²) in [4.78, 5) is 52.3. The summed E-state index contributed by atoms with van der Waals surface area (Å²) in [6, 6.07) is 8.76. The lowest BCUT2D eigenvalue weighted by molar-refractivity contribution is -0.139. The molecule has 3 aromatic rings. The Morgan fingerprint density at radius 3 is 2.51 bits per heavy atom. The van der Waals surface area contributed by atoms with Gasteiger partial charge in [0, 0.05) is 43.7 Å². The van der Waals surface area contributed by atoms with E-state index in [4.69, 9.17) is 9.97 Å². The minimum atomic E-state index is -0.593. The predicted molar refractivity (Wildman–Crippen MR) is 152 cm³/mol. The summed E-state index contributed by atoms with van der Waals surface area (Å²) in [5.74, 6) is 0.235. The van der Waals surface area contributed by atoms with E-state index in [9.17, 15) is 14.4 Å². The second-order valence-electron chi connectivity index (χ2n) is 11.1. The normalized spacial score (nSPS) is 16.9. The van der Waals surface area contributed by atoms with Crippen molar-refractivity contribution in [3.05, 3.63) is 48.0 Å². The molecule has 2 aromatic heterocycles. The van der Waals surface area contributed by atoms with Crippen molar-refractivity contribution >= 4 is 28.7 Å². The number of carbonyl (C=O) groups excluding carboxylic acids is 3. The number of likely N-dealkylation sites (tertiary alicyclic amines) is 1. The second kappa shape index (κ2) is 11.6. The van der Waals surface area contributed by atoms with E-state index in [1.54, 1.807) is 23.6 Å². The Bertz CT molecular complexity index is 1380. The van der Waals surface area contributed by atoms with Crippen molar-refractivity contribution in [1.29, 1.82) is 0 Å². The molecule has 3 amide bonds. The lowest BCUT2D eigenvalue weighted by Crippen LogP contribution is -2.52. The van der Waals surface area contributed by atoms with Crippen LogP contribution in [0.25, 0.3) is 22.2 Å². The maximum Gasteiger partial charge on any atom is 0.328 e. The van der Waals surface area contributed by atoms with Crippen LogP contribution in [0.2, 0.25) is 0 Å². The highest BCUT2D eigenvalue weighted by Gasteiger charge is 2.37. The average Bonchev–Trinajstić information content (AvgIpc) is 3.55. The first-order valence-corrected chi connectivity index (χ1v) is 13.8. The molecule has 39 heavy (non-hydrogen) atoms. The van der Waals surface area contributed by atoms with Gasteiger partial charge in [0.05, 0.1) is 22.9 Å². The number of amides is 3. The molecule has 208 valence electrons. The molecule has 1 aliphatic heterocycles. The molecule has 0 radical (unpaired) electrons. The zero-order valence-electron chi connectivity index (χ0n) is 24.1. The van der Waals surface area contributed by atoms with Gasteiger partial charge in [-0.25, -0.2) is 14.8 Å². The van der Waals surface area contributed by atoms with Gasteiger partial charge in [-0.1, -0.05) is 45.9 Å². The van der Waals surface area contributed by atoms with Crippen LogP contribution in [0, 0.1) is 18.8 Å². The van der Waals surface area contributed by atoms with E-state index in [2.05, 4.69) is 5.32 Å². The van der Waals surface area contributed by atoms with Crippen LogP contribution in [0.3, 0.4) is 0 Å². The number of hydrogen-bond acceptors (Lipinski definition) is 5. The Hall–Kier alpha value is -3.75. The molecule has 9 heteroatoms. The van der Waals surface area contributed by atoms with Gasteiger partial charge in [0.2, 0.25) is 11.8 Å². The van der Waals surface area contributed by atoms with E-state index in [0.717, 1.165) is 41.4 Å². The fourth-order valence-electron chi connectivity index (χ4n) is 5.17. The summed E-state index contributed by atoms with van der Waals surface area (Å²) in [6.45, 7) is 10.2. The Morgan fingerprint density at radius 2 is 1.85 bits per heavy atom. The van der Waals surface area contributed by atoms with Crippen LogP contribution < -0.4 is 5.32 Å². The average molecular weight is 533 g/mol. The van der Waals surface area contributed by atoms with Gasteiger partial charge in [0.1, 0.15) is 11.9 Å². The third-order valence-corrected chi connectivity index (χ3v) is 7.60. The highest BCUT2D eigenvalue weighted by atomic mass is 16.2. The standard InChI is InChI=1S/C30H40N6O3/c1-8-19(4)28(37)33-27(18(2)3)29(38)35-15-11-14-26(35)24-16-23(31-20(5)32-24)22-17-36(30(39)34(6)7)25-13-10-9-12-21(22)25/h9-10,12-13,16-19,26-27H,8,11,14-15H2,1-7H3,(H,33,37). The van der Waals surface area contributed by atoms with E-state index in [0.29, 0.717) is 18.1 Å². The molecule has 0 spiro atoms. The van der Waals surface area contributed by atoms with Crippen LogP contribution in [0.1, 0.15) is 64.5 Å². The molecule has 3 heterocycles. The topological polar surface area (TPSA) is 100 Å². The summed E-state index contributed by atoms with van der Waals surface area (Å²) in [5.41, 5.74) is 3.13. The van der Waals surface area contributed by atoms with Gasteiger partial charge in [-0.3, -0.25) is 14.2 Å². The number of aromatic nitrogens is 3. The van der Waals surface area contributed by atoms with Crippen LogP contribution in [-0.4, -0.2) is 68.9 Å². The van der Waals surface area contributed by atoms with Gasteiger partial charge < -0.3 is 15.1 Å². The Morgan fingerprint density at radius 1 is 1.13 bits per heavy atom. The molecule has 1 N–H and O–H groups in total. The number of hydrogen-bond donors (Lipinski definition) is 1. The van der Waals surface area contributed by atoms with Crippen LogP contribution in [0.4, 0.5) is 4.79 Å². The van der Waals surface area contributed by atoms with Gasteiger partial charge in [-0.05, 0) is 44.2 Å². The molecular weight excluding hydrogens is 492 g/mol. The van der Waals surface area contributed by atoms with Crippen molar-refractivity contribution < 1.29 is 14.4 Å². The largest absolute Gasteiger partial charge is 0.344 e. The fourth-order valence-corrected chi connectivity index (χ4v) is 5.17. The molecule has 4 rings (SSSR count). The highest BCUT2D eigenvalue weighted by Crippen LogP contribution is 2.35. The second-order valence-corrected chi connectivity index (χ2v) is 11.1. The third-order valence-electron chi connectivity index (χ3n) is 7.60. The summed E-state index contributed by atoms with van der Waals surface area (Å²) < 4.78 is 1.64. The molecule has 0 saturated carbocycles. The van der Waals surface area contributed by atoms with Crippen LogP contribution in [0.5, 0.6) is 0 Å². The quantitative estimate of drug-likeness (QED) is 0.472. The summed E-state index contributed by atoms with van der Waals surface area (Å²) in [6.07, 6.45) is 4.19. The molecule has 3 unspecified atom stereocenters. The number of fused-ring (bicyclic) bond motifs is 1. The van der Waals surface area contributed by atoms with E-state index < -0.39 is 6.04 Å². The maximum absolute atomic E-state index is 13.8. The van der Waals surface area contributed by atoms with Crippen LogP contribution in [0.15, 0.2) is 36.5 Å². The first kappa shape index (κ1) is 28.3. The molecule has 0 bridgehead atoms. The molecule has 3 atom stereocenters. The fraction of sp³-hybridized carbons (Fsp3) is 0.500. The molecule has 9 nitrogen and oxygen atoms in total. The van der Waals surface area contributed by atoms with Crippen molar-refractivity contribution in [3.8, 4) is 11.3 Å². The SMILES string of the molecule is CCC(C)C(=O)NC(C(=O)N1CCCC1c1cc(-c2cn(C(=O)N(C)C)c3ccccc23)nc(C)n1)C(C)C. The number of nitrogens with zero attached hydrogens (tertiary/aromatic N) is 5. The first-order valence-electron chi connectivity index (χ1n) is 13.8. The monoisotopic (exact) mass is 532 g/mol. The van der Waals surface area contributed by atoms with E-state index in [-0.39, 0.29) is 35.7 Å². The Kier molecular flexibility index (Phi) is 8.37. The molecule has 1 fully saturated rings. The lowest BCUT2D eigenvalue weighted by atomic mass is 9.99. The Labute approximate surface area is 230 Å².